The zero-order valence-corrected chi connectivity index (χ0v) is 11.7. The van der Waals surface area contributed by atoms with Gasteiger partial charge in [0.1, 0.15) is 11.5 Å². The second kappa shape index (κ2) is 6.04. The number of phenols is 1. The summed E-state index contributed by atoms with van der Waals surface area (Å²) in [5.41, 5.74) is 0. The van der Waals surface area contributed by atoms with Gasteiger partial charge in [0.05, 0.1) is 10.0 Å². The molecule has 2 rings (SSSR count). The van der Waals surface area contributed by atoms with Crippen LogP contribution in [-0.2, 0) is 0 Å². The third-order valence-electron chi connectivity index (χ3n) is 2.31. The van der Waals surface area contributed by atoms with Gasteiger partial charge in [-0.15, -0.1) is 0 Å². The number of ether oxygens (including phenoxy) is 2. The molecule has 0 spiro atoms. The number of hydrogen-bond donors (Lipinski definition) is 1. The van der Waals surface area contributed by atoms with Crippen molar-refractivity contribution < 1.29 is 14.6 Å². The molecule has 2 aromatic rings. The van der Waals surface area contributed by atoms with Gasteiger partial charge in [0.15, 0.2) is 5.75 Å². The van der Waals surface area contributed by atoms with Crippen molar-refractivity contribution in [1.82, 2.24) is 0 Å². The molecule has 0 aliphatic rings. The fourth-order valence-electron chi connectivity index (χ4n) is 1.54. The molecule has 0 saturated heterocycles. The van der Waals surface area contributed by atoms with Gasteiger partial charge in [-0.05, 0) is 12.1 Å². The standard InChI is InChI=1S/C14H12Cl2O3/c1-9(18-11-5-3-2-4-6-11)19-14-12(15)7-10(17)8-13(14)16/h2-9,17H,1H3. The van der Waals surface area contributed by atoms with Crippen molar-refractivity contribution in [1.29, 1.82) is 0 Å². The van der Waals surface area contributed by atoms with Crippen LogP contribution in [0.5, 0.6) is 17.2 Å². The van der Waals surface area contributed by atoms with Gasteiger partial charge in [-0.3, -0.25) is 0 Å². The van der Waals surface area contributed by atoms with E-state index in [2.05, 4.69) is 0 Å². The third kappa shape index (κ3) is 3.69. The van der Waals surface area contributed by atoms with Gasteiger partial charge in [-0.2, -0.15) is 0 Å². The van der Waals surface area contributed by atoms with Gasteiger partial charge in [0.25, 0.3) is 0 Å². The Morgan fingerprint density at radius 3 is 2.16 bits per heavy atom. The highest BCUT2D eigenvalue weighted by molar-refractivity contribution is 6.37. The molecule has 0 fully saturated rings. The van der Waals surface area contributed by atoms with Crippen molar-refractivity contribution >= 4 is 23.2 Å². The molecule has 0 saturated carbocycles. The molecule has 0 bridgehead atoms. The molecule has 0 aromatic heterocycles. The van der Waals surface area contributed by atoms with E-state index in [1.165, 1.54) is 12.1 Å². The Morgan fingerprint density at radius 2 is 1.58 bits per heavy atom. The first-order chi connectivity index (χ1) is 9.06. The number of para-hydroxylation sites is 1. The first-order valence-corrected chi connectivity index (χ1v) is 6.38. The van der Waals surface area contributed by atoms with Crippen LogP contribution >= 0.6 is 23.2 Å². The van der Waals surface area contributed by atoms with Gasteiger partial charge in [0, 0.05) is 19.1 Å². The average Bonchev–Trinajstić information content (AvgIpc) is 2.35. The van der Waals surface area contributed by atoms with Crippen LogP contribution in [0.2, 0.25) is 10.0 Å². The molecule has 5 heteroatoms. The summed E-state index contributed by atoms with van der Waals surface area (Å²) in [6.45, 7) is 1.73. The van der Waals surface area contributed by atoms with Gasteiger partial charge in [-0.1, -0.05) is 41.4 Å². The Kier molecular flexibility index (Phi) is 4.40. The summed E-state index contributed by atoms with van der Waals surface area (Å²) in [4.78, 5) is 0. The number of rotatable bonds is 4. The molecule has 19 heavy (non-hydrogen) atoms. The summed E-state index contributed by atoms with van der Waals surface area (Å²) < 4.78 is 11.1. The van der Waals surface area contributed by atoms with Crippen molar-refractivity contribution in [3.8, 4) is 17.2 Å². The first kappa shape index (κ1) is 13.8. The molecule has 0 radical (unpaired) electrons. The lowest BCUT2D eigenvalue weighted by molar-refractivity contribution is 0.0224. The van der Waals surface area contributed by atoms with Crippen LogP contribution < -0.4 is 9.47 Å². The van der Waals surface area contributed by atoms with E-state index in [0.717, 1.165) is 0 Å². The largest absolute Gasteiger partial charge is 0.508 e. The van der Waals surface area contributed by atoms with E-state index in [0.29, 0.717) is 5.75 Å². The van der Waals surface area contributed by atoms with Crippen LogP contribution in [0.1, 0.15) is 6.92 Å². The third-order valence-corrected chi connectivity index (χ3v) is 2.87. The fraction of sp³-hybridized carbons (Fsp3) is 0.143. The normalized spacial score (nSPS) is 11.9. The summed E-state index contributed by atoms with van der Waals surface area (Å²) in [5.74, 6) is 0.949. The summed E-state index contributed by atoms with van der Waals surface area (Å²) >= 11 is 11.9. The zero-order chi connectivity index (χ0) is 13.8. The number of hydrogen-bond acceptors (Lipinski definition) is 3. The van der Waals surface area contributed by atoms with Crippen LogP contribution in [0.15, 0.2) is 42.5 Å². The molecule has 3 nitrogen and oxygen atoms in total. The van der Waals surface area contributed by atoms with Crippen LogP contribution in [0, 0.1) is 0 Å². The van der Waals surface area contributed by atoms with Crippen molar-refractivity contribution in [2.45, 2.75) is 13.2 Å². The van der Waals surface area contributed by atoms with E-state index in [4.69, 9.17) is 32.7 Å². The number of aromatic hydroxyl groups is 1. The lowest BCUT2D eigenvalue weighted by Crippen LogP contribution is -2.19. The van der Waals surface area contributed by atoms with E-state index in [9.17, 15) is 5.11 Å². The van der Waals surface area contributed by atoms with E-state index < -0.39 is 6.29 Å². The highest BCUT2D eigenvalue weighted by Crippen LogP contribution is 2.37. The summed E-state index contributed by atoms with van der Waals surface area (Å²) in [6.07, 6.45) is -0.568. The van der Waals surface area contributed by atoms with E-state index in [1.807, 2.05) is 30.3 Å². The maximum absolute atomic E-state index is 9.33. The van der Waals surface area contributed by atoms with Gasteiger partial charge >= 0.3 is 0 Å². The Hall–Kier alpha value is -1.58. The van der Waals surface area contributed by atoms with Crippen LogP contribution in [0.4, 0.5) is 0 Å². The molecule has 1 N–H and O–H groups in total. The Balaban J connectivity index is 2.09. The molecule has 0 amide bonds. The van der Waals surface area contributed by atoms with E-state index in [1.54, 1.807) is 6.92 Å². The topological polar surface area (TPSA) is 38.7 Å². The van der Waals surface area contributed by atoms with Gasteiger partial charge < -0.3 is 14.6 Å². The molecule has 100 valence electrons. The van der Waals surface area contributed by atoms with Crippen molar-refractivity contribution in [2.75, 3.05) is 0 Å². The van der Waals surface area contributed by atoms with E-state index >= 15 is 0 Å². The Labute approximate surface area is 121 Å². The number of halogens is 2. The number of benzene rings is 2. The second-order valence-corrected chi connectivity index (χ2v) is 4.67. The summed E-state index contributed by atoms with van der Waals surface area (Å²) in [5, 5.41) is 9.79. The molecule has 1 unspecified atom stereocenters. The predicted molar refractivity (Wildman–Crippen MR) is 75.3 cm³/mol. The highest BCUT2D eigenvalue weighted by Gasteiger charge is 2.13. The fourth-order valence-corrected chi connectivity index (χ4v) is 2.10. The monoisotopic (exact) mass is 298 g/mol. The zero-order valence-electron chi connectivity index (χ0n) is 10.1. The smallest absolute Gasteiger partial charge is 0.238 e. The molecule has 0 heterocycles. The molecule has 0 aliphatic heterocycles. The lowest BCUT2D eigenvalue weighted by atomic mass is 10.3. The quantitative estimate of drug-likeness (QED) is 0.845. The predicted octanol–water partition coefficient (Wildman–Crippen LogP) is 4.50. The van der Waals surface area contributed by atoms with Crippen LogP contribution in [-0.4, -0.2) is 11.4 Å². The maximum atomic E-state index is 9.33. The molecule has 0 aliphatic carbocycles. The molecular weight excluding hydrogens is 287 g/mol. The van der Waals surface area contributed by atoms with Crippen molar-refractivity contribution in [3.05, 3.63) is 52.5 Å². The highest BCUT2D eigenvalue weighted by atomic mass is 35.5. The van der Waals surface area contributed by atoms with E-state index in [-0.39, 0.29) is 21.5 Å². The van der Waals surface area contributed by atoms with Gasteiger partial charge in [-0.25, -0.2) is 0 Å². The molecule has 2 aromatic carbocycles. The SMILES string of the molecule is CC(Oc1ccccc1)Oc1c(Cl)cc(O)cc1Cl. The van der Waals surface area contributed by atoms with Gasteiger partial charge in [0.2, 0.25) is 6.29 Å². The maximum Gasteiger partial charge on any atom is 0.238 e. The minimum atomic E-state index is -0.568. The van der Waals surface area contributed by atoms with Crippen molar-refractivity contribution in [3.63, 3.8) is 0 Å². The second-order valence-electron chi connectivity index (χ2n) is 3.85. The first-order valence-electron chi connectivity index (χ1n) is 5.62. The molecule has 1 atom stereocenters. The Morgan fingerprint density at radius 1 is 1.00 bits per heavy atom. The minimum Gasteiger partial charge on any atom is -0.508 e. The number of phenolic OH excluding ortho intramolecular Hbond substituents is 1. The summed E-state index contributed by atoms with van der Waals surface area (Å²) in [6, 6.07) is 12.0. The van der Waals surface area contributed by atoms with Crippen molar-refractivity contribution in [2.24, 2.45) is 0 Å². The minimum absolute atomic E-state index is 0.0148. The lowest BCUT2D eigenvalue weighted by Gasteiger charge is -2.18. The Bertz CT molecular complexity index is 535. The summed E-state index contributed by atoms with van der Waals surface area (Å²) in [7, 11) is 0. The average molecular weight is 299 g/mol. The molecular formula is C14H12Cl2O3. The van der Waals surface area contributed by atoms with Crippen LogP contribution in [0.3, 0.4) is 0 Å². The van der Waals surface area contributed by atoms with Crippen LogP contribution in [0.25, 0.3) is 0 Å².